The second-order valence-electron chi connectivity index (χ2n) is 4.01. The highest BCUT2D eigenvalue weighted by atomic mass is 16.4. The lowest BCUT2D eigenvalue weighted by Crippen LogP contribution is -2.41. The molecule has 0 aromatic rings. The van der Waals surface area contributed by atoms with Crippen LogP contribution in [-0.2, 0) is 0 Å². The van der Waals surface area contributed by atoms with E-state index in [4.69, 9.17) is 10.2 Å². The van der Waals surface area contributed by atoms with Gasteiger partial charge in [-0.05, 0) is 36.8 Å². The van der Waals surface area contributed by atoms with Gasteiger partial charge < -0.3 is 10.2 Å². The van der Waals surface area contributed by atoms with Crippen molar-refractivity contribution in [2.45, 2.75) is 31.7 Å². The van der Waals surface area contributed by atoms with Crippen molar-refractivity contribution in [3.05, 3.63) is 23.4 Å². The molecule has 2 rings (SSSR count). The van der Waals surface area contributed by atoms with Gasteiger partial charge in [-0.1, -0.05) is 6.08 Å². The lowest BCUT2D eigenvalue weighted by molar-refractivity contribution is 0.119. The van der Waals surface area contributed by atoms with Gasteiger partial charge in [-0.25, -0.2) is 4.79 Å². The molecule has 0 aromatic heterocycles. The Balaban J connectivity index is 2.29. The van der Waals surface area contributed by atoms with Crippen LogP contribution in [0.25, 0.3) is 0 Å². The average Bonchev–Trinajstić information content (AvgIpc) is 2.27. The summed E-state index contributed by atoms with van der Waals surface area (Å²) in [6.07, 6.45) is 6.62. The van der Waals surface area contributed by atoms with Crippen molar-refractivity contribution in [2.75, 3.05) is 6.61 Å². The van der Waals surface area contributed by atoms with Crippen molar-refractivity contribution in [1.82, 2.24) is 4.90 Å². The van der Waals surface area contributed by atoms with Crippen LogP contribution in [0.5, 0.6) is 0 Å². The second kappa shape index (κ2) is 4.06. The molecular formula is C11H15NO3. The summed E-state index contributed by atoms with van der Waals surface area (Å²) in [5.74, 6) is 0. The summed E-state index contributed by atoms with van der Waals surface area (Å²) >= 11 is 0. The fraction of sp³-hybridized carbons (Fsp3) is 0.545. The predicted molar refractivity (Wildman–Crippen MR) is 55.4 cm³/mol. The second-order valence-corrected chi connectivity index (χ2v) is 4.01. The number of nitrogens with zero attached hydrogens (tertiary/aromatic N) is 1. The smallest absolute Gasteiger partial charge is 0.411 e. The Morgan fingerprint density at radius 1 is 1.53 bits per heavy atom. The molecule has 0 aromatic carbocycles. The predicted octanol–water partition coefficient (Wildman–Crippen LogP) is 1.73. The van der Waals surface area contributed by atoms with Crippen LogP contribution < -0.4 is 0 Å². The van der Waals surface area contributed by atoms with E-state index in [0.717, 1.165) is 24.8 Å². The molecule has 2 N–H and O–H groups in total. The van der Waals surface area contributed by atoms with E-state index in [1.807, 2.05) is 0 Å². The van der Waals surface area contributed by atoms with Crippen LogP contribution in [0.2, 0.25) is 0 Å². The topological polar surface area (TPSA) is 60.8 Å². The van der Waals surface area contributed by atoms with Crippen LogP contribution >= 0.6 is 0 Å². The van der Waals surface area contributed by atoms with E-state index in [2.05, 4.69) is 6.08 Å². The number of carboxylic acid groups (broad SMARTS) is 1. The van der Waals surface area contributed by atoms with Gasteiger partial charge in [0.2, 0.25) is 0 Å². The fourth-order valence-electron chi connectivity index (χ4n) is 2.21. The molecule has 15 heavy (non-hydrogen) atoms. The molecule has 1 unspecified atom stereocenters. The third kappa shape index (κ3) is 1.90. The van der Waals surface area contributed by atoms with E-state index in [-0.39, 0.29) is 12.6 Å². The minimum atomic E-state index is -0.980. The van der Waals surface area contributed by atoms with E-state index in [1.54, 1.807) is 6.20 Å². The maximum Gasteiger partial charge on any atom is 0.411 e. The maximum atomic E-state index is 10.9. The highest BCUT2D eigenvalue weighted by molar-refractivity contribution is 5.68. The van der Waals surface area contributed by atoms with Gasteiger partial charge in [-0.2, -0.15) is 0 Å². The van der Waals surface area contributed by atoms with Crippen molar-refractivity contribution >= 4 is 6.09 Å². The first kappa shape index (κ1) is 10.2. The number of amides is 1. The zero-order valence-corrected chi connectivity index (χ0v) is 8.52. The number of aliphatic hydroxyl groups is 1. The van der Waals surface area contributed by atoms with Crippen LogP contribution in [0, 0.1) is 0 Å². The molecule has 1 amide bonds. The van der Waals surface area contributed by atoms with Crippen LogP contribution in [0.1, 0.15) is 25.7 Å². The summed E-state index contributed by atoms with van der Waals surface area (Å²) in [6, 6.07) is -0.310. The lowest BCUT2D eigenvalue weighted by Gasteiger charge is -2.33. The van der Waals surface area contributed by atoms with Gasteiger partial charge in [-0.15, -0.1) is 0 Å². The van der Waals surface area contributed by atoms with E-state index >= 15 is 0 Å². The fourth-order valence-corrected chi connectivity index (χ4v) is 2.21. The Hall–Kier alpha value is -1.29. The first-order valence-electron chi connectivity index (χ1n) is 5.24. The molecule has 0 bridgehead atoms. The zero-order chi connectivity index (χ0) is 10.8. The largest absolute Gasteiger partial charge is 0.465 e. The van der Waals surface area contributed by atoms with E-state index < -0.39 is 6.09 Å². The SMILES string of the molecule is O=C(O)N1C=C2CCCC=C2CC1CO. The van der Waals surface area contributed by atoms with Crippen molar-refractivity contribution in [3.8, 4) is 0 Å². The lowest BCUT2D eigenvalue weighted by atomic mass is 9.87. The van der Waals surface area contributed by atoms with E-state index in [9.17, 15) is 4.79 Å². The Morgan fingerprint density at radius 2 is 2.33 bits per heavy atom. The molecule has 82 valence electrons. The summed E-state index contributed by atoms with van der Waals surface area (Å²) in [6.45, 7) is -0.118. The Bertz CT molecular complexity index is 333. The first-order chi connectivity index (χ1) is 7.22. The van der Waals surface area contributed by atoms with Gasteiger partial charge in [0.05, 0.1) is 12.6 Å². The molecule has 0 saturated carbocycles. The number of carbonyl (C=O) groups is 1. The molecule has 1 aliphatic heterocycles. The van der Waals surface area contributed by atoms with Crippen LogP contribution in [-0.4, -0.2) is 33.9 Å². The van der Waals surface area contributed by atoms with E-state index in [1.165, 1.54) is 10.5 Å². The Morgan fingerprint density at radius 3 is 3.00 bits per heavy atom. The summed E-state index contributed by atoms with van der Waals surface area (Å²) in [7, 11) is 0. The molecular weight excluding hydrogens is 194 g/mol. The zero-order valence-electron chi connectivity index (χ0n) is 8.52. The van der Waals surface area contributed by atoms with Gasteiger partial charge in [0, 0.05) is 6.20 Å². The van der Waals surface area contributed by atoms with Gasteiger partial charge >= 0.3 is 6.09 Å². The molecule has 1 heterocycles. The summed E-state index contributed by atoms with van der Waals surface area (Å²) in [4.78, 5) is 12.2. The standard InChI is InChI=1S/C11H15NO3/c13-7-10-5-8-3-1-2-4-9(8)6-12(10)11(14)15/h3,6,10,13H,1-2,4-5,7H2,(H,14,15). The van der Waals surface area contributed by atoms with Crippen LogP contribution in [0.3, 0.4) is 0 Å². The van der Waals surface area contributed by atoms with Gasteiger partial charge in [0.25, 0.3) is 0 Å². The average molecular weight is 209 g/mol. The number of aliphatic hydroxyl groups excluding tert-OH is 1. The maximum absolute atomic E-state index is 10.9. The Labute approximate surface area is 88.5 Å². The number of hydrogen-bond acceptors (Lipinski definition) is 2. The number of allylic oxidation sites excluding steroid dienone is 2. The molecule has 2 aliphatic rings. The molecule has 0 fully saturated rings. The molecule has 4 heteroatoms. The number of fused-ring (bicyclic) bond motifs is 1. The molecule has 4 nitrogen and oxygen atoms in total. The molecule has 1 aliphatic carbocycles. The van der Waals surface area contributed by atoms with Gasteiger partial charge in [0.15, 0.2) is 0 Å². The third-order valence-corrected chi connectivity index (χ3v) is 3.03. The normalized spacial score (nSPS) is 25.4. The third-order valence-electron chi connectivity index (χ3n) is 3.03. The van der Waals surface area contributed by atoms with Crippen molar-refractivity contribution in [3.63, 3.8) is 0 Å². The Kier molecular flexibility index (Phi) is 2.77. The van der Waals surface area contributed by atoms with Crippen LogP contribution in [0.15, 0.2) is 23.4 Å². The van der Waals surface area contributed by atoms with Gasteiger partial charge in [0.1, 0.15) is 0 Å². The molecule has 0 radical (unpaired) electrons. The molecule has 0 saturated heterocycles. The van der Waals surface area contributed by atoms with Gasteiger partial charge in [-0.3, -0.25) is 4.90 Å². The monoisotopic (exact) mass is 209 g/mol. The van der Waals surface area contributed by atoms with Crippen molar-refractivity contribution in [2.24, 2.45) is 0 Å². The minimum Gasteiger partial charge on any atom is -0.465 e. The highest BCUT2D eigenvalue weighted by Gasteiger charge is 2.28. The first-order valence-corrected chi connectivity index (χ1v) is 5.24. The molecule has 1 atom stereocenters. The van der Waals surface area contributed by atoms with E-state index in [0.29, 0.717) is 6.42 Å². The van der Waals surface area contributed by atoms with Crippen LogP contribution in [0.4, 0.5) is 4.79 Å². The summed E-state index contributed by atoms with van der Waals surface area (Å²) in [5, 5.41) is 18.1. The number of rotatable bonds is 1. The summed E-state index contributed by atoms with van der Waals surface area (Å²) in [5.41, 5.74) is 2.34. The highest BCUT2D eigenvalue weighted by Crippen LogP contribution is 2.33. The molecule has 0 spiro atoms. The number of hydrogen-bond donors (Lipinski definition) is 2. The van der Waals surface area contributed by atoms with Crippen molar-refractivity contribution < 1.29 is 15.0 Å². The summed E-state index contributed by atoms with van der Waals surface area (Å²) < 4.78 is 0. The quantitative estimate of drug-likeness (QED) is 0.691. The van der Waals surface area contributed by atoms with Crippen molar-refractivity contribution in [1.29, 1.82) is 0 Å². The minimum absolute atomic E-state index is 0.118.